The van der Waals surface area contributed by atoms with Gasteiger partial charge in [0.1, 0.15) is 0 Å². The maximum atomic E-state index is 9.85. The Morgan fingerprint density at radius 2 is 1.54 bits per heavy atom. The van der Waals surface area contributed by atoms with Gasteiger partial charge in [-0.2, -0.15) is 0 Å². The van der Waals surface area contributed by atoms with Crippen LogP contribution in [-0.4, -0.2) is 58.2 Å². The minimum atomic E-state index is -0.733. The molecule has 0 saturated carbocycles. The molecule has 1 unspecified atom stereocenters. The van der Waals surface area contributed by atoms with Crippen molar-refractivity contribution in [1.82, 2.24) is 4.90 Å². The molecule has 2 aromatic carbocycles. The SMILES string of the molecule is OC[C@H]1CC(O)[C@@H](O)CN1CCc1ccc(-c2ccccc2)cc1. The van der Waals surface area contributed by atoms with E-state index in [0.717, 1.165) is 13.0 Å². The van der Waals surface area contributed by atoms with Crippen LogP contribution in [0.3, 0.4) is 0 Å². The molecule has 1 saturated heterocycles. The Labute approximate surface area is 143 Å². The Morgan fingerprint density at radius 1 is 0.875 bits per heavy atom. The van der Waals surface area contributed by atoms with Gasteiger partial charge < -0.3 is 15.3 Å². The van der Waals surface area contributed by atoms with Crippen LogP contribution in [0.15, 0.2) is 54.6 Å². The van der Waals surface area contributed by atoms with E-state index >= 15 is 0 Å². The third kappa shape index (κ3) is 4.02. The van der Waals surface area contributed by atoms with Crippen molar-refractivity contribution in [2.45, 2.75) is 31.1 Å². The van der Waals surface area contributed by atoms with Crippen LogP contribution in [0.5, 0.6) is 0 Å². The molecule has 0 bridgehead atoms. The first kappa shape index (κ1) is 17.1. The Morgan fingerprint density at radius 3 is 2.21 bits per heavy atom. The number of aliphatic hydroxyl groups excluding tert-OH is 3. The summed E-state index contributed by atoms with van der Waals surface area (Å²) in [5, 5.41) is 29.1. The average molecular weight is 327 g/mol. The highest BCUT2D eigenvalue weighted by molar-refractivity contribution is 5.63. The number of benzene rings is 2. The van der Waals surface area contributed by atoms with E-state index in [1.165, 1.54) is 16.7 Å². The van der Waals surface area contributed by atoms with Crippen molar-refractivity contribution in [1.29, 1.82) is 0 Å². The standard InChI is InChI=1S/C20H25NO3/c22-14-18-12-19(23)20(24)13-21(18)11-10-15-6-8-17(9-7-15)16-4-2-1-3-5-16/h1-9,18-20,22-24H,10-14H2/t18-,19?,20+/m1/s1. The number of aliphatic hydroxyl groups is 3. The minimum absolute atomic E-state index is 0.0106. The van der Waals surface area contributed by atoms with Crippen molar-refractivity contribution in [3.05, 3.63) is 60.2 Å². The van der Waals surface area contributed by atoms with Crippen molar-refractivity contribution in [2.75, 3.05) is 19.7 Å². The summed E-state index contributed by atoms with van der Waals surface area (Å²) < 4.78 is 0. The molecular weight excluding hydrogens is 302 g/mol. The third-order valence-corrected chi connectivity index (χ3v) is 4.86. The number of β-amino-alcohol motifs (C(OH)–C–C–N with tert-alkyl or cyclic N) is 1. The molecule has 4 heteroatoms. The molecule has 1 heterocycles. The summed E-state index contributed by atoms with van der Waals surface area (Å²) in [7, 11) is 0. The van der Waals surface area contributed by atoms with E-state index < -0.39 is 12.2 Å². The van der Waals surface area contributed by atoms with E-state index in [9.17, 15) is 15.3 Å². The number of hydrogen-bond acceptors (Lipinski definition) is 4. The highest BCUT2D eigenvalue weighted by Gasteiger charge is 2.32. The second kappa shape index (κ2) is 7.90. The maximum absolute atomic E-state index is 9.85. The van der Waals surface area contributed by atoms with Gasteiger partial charge in [0.25, 0.3) is 0 Å². The lowest BCUT2D eigenvalue weighted by Crippen LogP contribution is -2.54. The molecule has 2 aromatic rings. The summed E-state index contributed by atoms with van der Waals surface area (Å²) in [4.78, 5) is 2.07. The fraction of sp³-hybridized carbons (Fsp3) is 0.400. The van der Waals surface area contributed by atoms with E-state index in [-0.39, 0.29) is 12.6 Å². The maximum Gasteiger partial charge on any atom is 0.0926 e. The molecule has 1 aliphatic rings. The third-order valence-electron chi connectivity index (χ3n) is 4.86. The normalized spacial score (nSPS) is 24.9. The first-order chi connectivity index (χ1) is 11.7. The van der Waals surface area contributed by atoms with E-state index in [4.69, 9.17) is 0 Å². The fourth-order valence-corrected chi connectivity index (χ4v) is 3.33. The zero-order valence-electron chi connectivity index (χ0n) is 13.8. The molecular formula is C20H25NO3. The van der Waals surface area contributed by atoms with Gasteiger partial charge in [-0.05, 0) is 29.5 Å². The average Bonchev–Trinajstić information content (AvgIpc) is 2.63. The number of rotatable bonds is 5. The molecule has 24 heavy (non-hydrogen) atoms. The van der Waals surface area contributed by atoms with E-state index in [0.29, 0.717) is 13.0 Å². The topological polar surface area (TPSA) is 63.9 Å². The highest BCUT2D eigenvalue weighted by Crippen LogP contribution is 2.21. The molecule has 4 nitrogen and oxygen atoms in total. The lowest BCUT2D eigenvalue weighted by atomic mass is 9.96. The van der Waals surface area contributed by atoms with Gasteiger partial charge in [0.15, 0.2) is 0 Å². The van der Waals surface area contributed by atoms with Gasteiger partial charge in [-0.15, -0.1) is 0 Å². The molecule has 0 spiro atoms. The van der Waals surface area contributed by atoms with Gasteiger partial charge in [-0.25, -0.2) is 0 Å². The first-order valence-electron chi connectivity index (χ1n) is 8.53. The molecule has 0 aromatic heterocycles. The second-order valence-electron chi connectivity index (χ2n) is 6.51. The van der Waals surface area contributed by atoms with Crippen LogP contribution < -0.4 is 0 Å². The van der Waals surface area contributed by atoms with E-state index in [2.05, 4.69) is 41.3 Å². The Bertz CT molecular complexity index is 629. The zero-order chi connectivity index (χ0) is 16.9. The first-order valence-corrected chi connectivity index (χ1v) is 8.53. The van der Waals surface area contributed by atoms with Gasteiger partial charge in [0.05, 0.1) is 18.8 Å². The monoisotopic (exact) mass is 327 g/mol. The van der Waals surface area contributed by atoms with Gasteiger partial charge in [-0.1, -0.05) is 54.6 Å². The molecule has 3 rings (SSSR count). The van der Waals surface area contributed by atoms with Crippen molar-refractivity contribution >= 4 is 0 Å². The van der Waals surface area contributed by atoms with E-state index in [1.54, 1.807) is 0 Å². The van der Waals surface area contributed by atoms with Crippen molar-refractivity contribution in [3.63, 3.8) is 0 Å². The Hall–Kier alpha value is -1.72. The van der Waals surface area contributed by atoms with Gasteiger partial charge in [0, 0.05) is 19.1 Å². The molecule has 1 aliphatic heterocycles. The number of hydrogen-bond donors (Lipinski definition) is 3. The molecule has 0 aliphatic carbocycles. The summed E-state index contributed by atoms with van der Waals surface area (Å²) in [6.07, 6.45) is -0.185. The Kier molecular flexibility index (Phi) is 5.63. The molecule has 0 amide bonds. The number of piperidine rings is 1. The summed E-state index contributed by atoms with van der Waals surface area (Å²) in [5.74, 6) is 0. The summed E-state index contributed by atoms with van der Waals surface area (Å²) in [6, 6.07) is 18.7. The molecule has 3 N–H and O–H groups in total. The van der Waals surface area contributed by atoms with Crippen LogP contribution >= 0.6 is 0 Å². The number of nitrogens with zero attached hydrogens (tertiary/aromatic N) is 1. The smallest absolute Gasteiger partial charge is 0.0926 e. The summed E-state index contributed by atoms with van der Waals surface area (Å²) >= 11 is 0. The molecule has 3 atom stereocenters. The van der Waals surface area contributed by atoms with Crippen LogP contribution in [0.25, 0.3) is 11.1 Å². The lowest BCUT2D eigenvalue weighted by Gasteiger charge is -2.39. The number of likely N-dealkylation sites (tertiary alicyclic amines) is 1. The van der Waals surface area contributed by atoms with Gasteiger partial charge in [0.2, 0.25) is 0 Å². The minimum Gasteiger partial charge on any atom is -0.395 e. The van der Waals surface area contributed by atoms with Crippen LogP contribution in [0.4, 0.5) is 0 Å². The predicted octanol–water partition coefficient (Wildman–Crippen LogP) is 1.68. The predicted molar refractivity (Wildman–Crippen MR) is 94.7 cm³/mol. The van der Waals surface area contributed by atoms with Crippen LogP contribution in [0, 0.1) is 0 Å². The van der Waals surface area contributed by atoms with Gasteiger partial charge in [-0.3, -0.25) is 4.90 Å². The molecule has 1 fully saturated rings. The fourth-order valence-electron chi connectivity index (χ4n) is 3.33. The lowest BCUT2D eigenvalue weighted by molar-refractivity contribution is -0.0703. The van der Waals surface area contributed by atoms with Crippen LogP contribution in [0.1, 0.15) is 12.0 Å². The second-order valence-corrected chi connectivity index (χ2v) is 6.51. The van der Waals surface area contributed by atoms with Gasteiger partial charge >= 0.3 is 0 Å². The Balaban J connectivity index is 1.60. The highest BCUT2D eigenvalue weighted by atomic mass is 16.3. The van der Waals surface area contributed by atoms with Crippen molar-refractivity contribution < 1.29 is 15.3 Å². The quantitative estimate of drug-likeness (QED) is 0.782. The van der Waals surface area contributed by atoms with E-state index in [1.807, 2.05) is 18.2 Å². The van der Waals surface area contributed by atoms with Crippen molar-refractivity contribution in [2.24, 2.45) is 0 Å². The van der Waals surface area contributed by atoms with Crippen molar-refractivity contribution in [3.8, 4) is 11.1 Å². The summed E-state index contributed by atoms with van der Waals surface area (Å²) in [6.45, 7) is 1.19. The summed E-state index contributed by atoms with van der Waals surface area (Å²) in [5.41, 5.74) is 3.63. The molecule has 128 valence electrons. The molecule has 0 radical (unpaired) electrons. The largest absolute Gasteiger partial charge is 0.395 e. The van der Waals surface area contributed by atoms with Crippen LogP contribution in [-0.2, 0) is 6.42 Å². The van der Waals surface area contributed by atoms with Crippen LogP contribution in [0.2, 0.25) is 0 Å². The zero-order valence-corrected chi connectivity index (χ0v) is 13.8.